The first-order valence-electron chi connectivity index (χ1n) is 12.9. The molecule has 0 saturated heterocycles. The highest BCUT2D eigenvalue weighted by atomic mass is 31.2. The van der Waals surface area contributed by atoms with Gasteiger partial charge in [-0.3, -0.25) is 14.2 Å². The number of ether oxygens (including phenoxy) is 1. The van der Waals surface area contributed by atoms with Gasteiger partial charge in [0.1, 0.15) is 6.61 Å². The maximum absolute atomic E-state index is 13.3. The molecule has 0 aromatic heterocycles. The molecule has 1 atom stereocenters. The minimum absolute atomic E-state index is 0.0334. The van der Waals surface area contributed by atoms with Gasteiger partial charge in [0.2, 0.25) is 5.91 Å². The van der Waals surface area contributed by atoms with Crippen molar-refractivity contribution >= 4 is 19.5 Å². The maximum atomic E-state index is 13.3. The van der Waals surface area contributed by atoms with E-state index >= 15 is 0 Å². The van der Waals surface area contributed by atoms with E-state index in [1.54, 1.807) is 13.8 Å². The molecule has 1 N–H and O–H groups in total. The lowest BCUT2D eigenvalue weighted by Crippen LogP contribution is -2.35. The molecule has 0 heterocycles. The van der Waals surface area contributed by atoms with E-state index in [2.05, 4.69) is 5.32 Å². The number of nitrogens with one attached hydrogen (secondary N) is 1. The predicted molar refractivity (Wildman–Crippen MR) is 149 cm³/mol. The molecule has 3 rings (SSSR count). The fourth-order valence-corrected chi connectivity index (χ4v) is 5.94. The van der Waals surface area contributed by atoms with Gasteiger partial charge >= 0.3 is 13.6 Å². The van der Waals surface area contributed by atoms with Crippen molar-refractivity contribution in [3.63, 3.8) is 0 Å². The van der Waals surface area contributed by atoms with E-state index in [0.29, 0.717) is 6.42 Å². The van der Waals surface area contributed by atoms with Gasteiger partial charge in [-0.05, 0) is 42.5 Å². The Morgan fingerprint density at radius 3 is 1.97 bits per heavy atom. The Labute approximate surface area is 225 Å². The summed E-state index contributed by atoms with van der Waals surface area (Å²) in [7, 11) is -3.47. The summed E-state index contributed by atoms with van der Waals surface area (Å²) in [6.45, 7) is 4.20. The standard InChI is InChI=1S/C30H36NO6P/c1-3-36-38(34,37-4-2)23-28(21-24-15-17-27(18-16-24)26-13-9-6-10-14-26)30(33)31-20-19-29(32)35-22-25-11-7-5-8-12-25/h5-18,28H,3-4,19-23H2,1-2H3,(H,31,33)/t28-/m0/s1. The van der Waals surface area contributed by atoms with Gasteiger partial charge < -0.3 is 19.1 Å². The molecule has 0 unspecified atom stereocenters. The minimum atomic E-state index is -3.47. The Kier molecular flexibility index (Phi) is 11.7. The van der Waals surface area contributed by atoms with Gasteiger partial charge in [0.05, 0.1) is 31.7 Å². The Morgan fingerprint density at radius 2 is 1.37 bits per heavy atom. The topological polar surface area (TPSA) is 90.9 Å². The summed E-state index contributed by atoms with van der Waals surface area (Å²) in [6, 6.07) is 27.4. The molecule has 0 aliphatic rings. The van der Waals surface area contributed by atoms with Crippen LogP contribution in [0.15, 0.2) is 84.9 Å². The van der Waals surface area contributed by atoms with Crippen LogP contribution in [0, 0.1) is 5.92 Å². The van der Waals surface area contributed by atoms with Crippen LogP contribution in [0.4, 0.5) is 0 Å². The van der Waals surface area contributed by atoms with E-state index in [0.717, 1.165) is 22.3 Å². The van der Waals surface area contributed by atoms with Crippen molar-refractivity contribution in [3.8, 4) is 11.1 Å². The SMILES string of the molecule is CCOP(=O)(C[C@H](Cc1ccc(-c2ccccc2)cc1)C(=O)NCCC(=O)OCc1ccccc1)OCC. The lowest BCUT2D eigenvalue weighted by molar-refractivity contribution is -0.144. The first kappa shape index (κ1) is 29.3. The van der Waals surface area contributed by atoms with Crippen LogP contribution in [0.25, 0.3) is 11.1 Å². The van der Waals surface area contributed by atoms with Gasteiger partial charge in [-0.15, -0.1) is 0 Å². The van der Waals surface area contributed by atoms with Gasteiger partial charge in [0.15, 0.2) is 0 Å². The summed E-state index contributed by atoms with van der Waals surface area (Å²) in [4.78, 5) is 25.3. The fraction of sp³-hybridized carbons (Fsp3) is 0.333. The smallest absolute Gasteiger partial charge is 0.331 e. The van der Waals surface area contributed by atoms with Crippen LogP contribution in [0.2, 0.25) is 0 Å². The minimum Gasteiger partial charge on any atom is -0.461 e. The monoisotopic (exact) mass is 537 g/mol. The molecule has 0 aliphatic carbocycles. The average molecular weight is 538 g/mol. The van der Waals surface area contributed by atoms with Crippen LogP contribution in [-0.2, 0) is 41.0 Å². The first-order chi connectivity index (χ1) is 18.4. The molecule has 0 aliphatic heterocycles. The fourth-order valence-electron chi connectivity index (χ4n) is 4.04. The summed E-state index contributed by atoms with van der Waals surface area (Å²) in [5, 5.41) is 2.80. The number of carbonyl (C=O) groups is 2. The number of benzene rings is 3. The third-order valence-corrected chi connectivity index (χ3v) is 8.07. The van der Waals surface area contributed by atoms with Crippen LogP contribution < -0.4 is 5.32 Å². The van der Waals surface area contributed by atoms with Gasteiger partial charge in [0.25, 0.3) is 0 Å². The van der Waals surface area contributed by atoms with E-state index in [-0.39, 0.29) is 44.9 Å². The Bertz CT molecular complexity index is 1170. The number of rotatable bonds is 15. The number of esters is 1. The van der Waals surface area contributed by atoms with E-state index in [4.69, 9.17) is 13.8 Å². The highest BCUT2D eigenvalue weighted by molar-refractivity contribution is 7.53. The highest BCUT2D eigenvalue weighted by Crippen LogP contribution is 2.50. The molecule has 0 fully saturated rings. The number of carbonyl (C=O) groups excluding carboxylic acids is 2. The molecule has 0 radical (unpaired) electrons. The summed E-state index contributed by atoms with van der Waals surface area (Å²) >= 11 is 0. The van der Waals surface area contributed by atoms with Crippen molar-refractivity contribution in [2.75, 3.05) is 25.9 Å². The van der Waals surface area contributed by atoms with Crippen molar-refractivity contribution in [1.82, 2.24) is 5.32 Å². The van der Waals surface area contributed by atoms with Gasteiger partial charge in [0, 0.05) is 6.54 Å². The molecule has 7 nitrogen and oxygen atoms in total. The summed E-state index contributed by atoms with van der Waals surface area (Å²) in [5.41, 5.74) is 3.99. The van der Waals surface area contributed by atoms with Gasteiger partial charge in [-0.1, -0.05) is 84.9 Å². The van der Waals surface area contributed by atoms with Crippen molar-refractivity contribution < 1.29 is 27.9 Å². The normalized spacial score (nSPS) is 12.1. The lowest BCUT2D eigenvalue weighted by atomic mass is 9.97. The van der Waals surface area contributed by atoms with Gasteiger partial charge in [-0.25, -0.2) is 0 Å². The second-order valence-corrected chi connectivity index (χ2v) is 10.9. The molecular formula is C30H36NO6P. The van der Waals surface area contributed by atoms with E-state index in [9.17, 15) is 14.2 Å². The lowest BCUT2D eigenvalue weighted by Gasteiger charge is -2.23. The predicted octanol–water partition coefficient (Wildman–Crippen LogP) is 6.03. The van der Waals surface area contributed by atoms with Crippen LogP contribution in [-0.4, -0.2) is 37.8 Å². The number of amides is 1. The molecule has 0 saturated carbocycles. The van der Waals surface area contributed by atoms with Crippen molar-refractivity contribution in [3.05, 3.63) is 96.1 Å². The molecule has 3 aromatic rings. The Morgan fingerprint density at radius 1 is 0.789 bits per heavy atom. The highest BCUT2D eigenvalue weighted by Gasteiger charge is 2.32. The van der Waals surface area contributed by atoms with E-state index < -0.39 is 19.5 Å². The molecule has 8 heteroatoms. The maximum Gasteiger partial charge on any atom is 0.331 e. The molecule has 0 bridgehead atoms. The molecule has 3 aromatic carbocycles. The van der Waals surface area contributed by atoms with Crippen LogP contribution in [0.1, 0.15) is 31.4 Å². The second-order valence-electron chi connectivity index (χ2n) is 8.78. The molecular weight excluding hydrogens is 501 g/mol. The quantitative estimate of drug-likeness (QED) is 0.188. The molecule has 1 amide bonds. The van der Waals surface area contributed by atoms with Crippen molar-refractivity contribution in [2.45, 2.75) is 33.3 Å². The zero-order valence-electron chi connectivity index (χ0n) is 22.0. The summed E-state index contributed by atoms with van der Waals surface area (Å²) in [5.74, 6) is -1.38. The molecule has 38 heavy (non-hydrogen) atoms. The summed E-state index contributed by atoms with van der Waals surface area (Å²) in [6.07, 6.45) is 0.328. The number of hydrogen-bond acceptors (Lipinski definition) is 6. The number of hydrogen-bond donors (Lipinski definition) is 1. The first-order valence-corrected chi connectivity index (χ1v) is 14.6. The zero-order chi connectivity index (χ0) is 27.2. The van der Waals surface area contributed by atoms with Crippen molar-refractivity contribution in [2.24, 2.45) is 5.92 Å². The van der Waals surface area contributed by atoms with Crippen LogP contribution >= 0.6 is 7.60 Å². The molecule has 202 valence electrons. The van der Waals surface area contributed by atoms with E-state index in [1.165, 1.54) is 0 Å². The largest absolute Gasteiger partial charge is 0.461 e. The Balaban J connectivity index is 1.63. The average Bonchev–Trinajstić information content (AvgIpc) is 2.93. The third-order valence-electron chi connectivity index (χ3n) is 5.88. The third kappa shape index (κ3) is 9.56. The van der Waals surface area contributed by atoms with Crippen LogP contribution in [0.5, 0.6) is 0 Å². The van der Waals surface area contributed by atoms with E-state index in [1.807, 2.05) is 84.9 Å². The molecule has 0 spiro atoms. The van der Waals surface area contributed by atoms with Crippen LogP contribution in [0.3, 0.4) is 0 Å². The summed E-state index contributed by atoms with van der Waals surface area (Å²) < 4.78 is 29.5. The van der Waals surface area contributed by atoms with Gasteiger partial charge in [-0.2, -0.15) is 0 Å². The zero-order valence-corrected chi connectivity index (χ0v) is 22.9. The second kappa shape index (κ2) is 15.2. The van der Waals surface area contributed by atoms with Crippen molar-refractivity contribution in [1.29, 1.82) is 0 Å². The Hall–Kier alpha value is -3.25.